The van der Waals surface area contributed by atoms with E-state index in [1.807, 2.05) is 39.0 Å². The number of fused-ring (bicyclic) bond motifs is 1. The van der Waals surface area contributed by atoms with E-state index < -0.39 is 5.60 Å². The Labute approximate surface area is 118 Å². The van der Waals surface area contributed by atoms with Crippen molar-refractivity contribution >= 4 is 6.09 Å². The third kappa shape index (κ3) is 3.42. The number of carbonyl (C=O) groups is 1. The molecule has 1 aliphatic heterocycles. The number of ether oxygens (including phenoxy) is 1. The van der Waals surface area contributed by atoms with E-state index in [1.54, 1.807) is 4.90 Å². The smallest absolute Gasteiger partial charge is 0.410 e. The Morgan fingerprint density at radius 2 is 2.10 bits per heavy atom. The van der Waals surface area contributed by atoms with E-state index in [0.29, 0.717) is 19.6 Å². The Kier molecular flexibility index (Phi) is 3.86. The minimum Gasteiger partial charge on any atom is -0.444 e. The summed E-state index contributed by atoms with van der Waals surface area (Å²) in [5.41, 5.74) is 11.0. The van der Waals surface area contributed by atoms with Crippen molar-refractivity contribution in [1.29, 1.82) is 0 Å². The first-order valence-electron chi connectivity index (χ1n) is 6.48. The van der Waals surface area contributed by atoms with E-state index in [1.165, 1.54) is 0 Å². The Morgan fingerprint density at radius 3 is 2.75 bits per heavy atom. The van der Waals surface area contributed by atoms with Gasteiger partial charge in [0, 0.05) is 18.0 Å². The number of hydrogen-bond acceptors (Lipinski definition) is 3. The van der Waals surface area contributed by atoms with Gasteiger partial charge in [-0.05, 0) is 43.0 Å². The molecular formula is C14H18N4O2. The maximum absolute atomic E-state index is 12.0. The first-order valence-corrected chi connectivity index (χ1v) is 6.48. The summed E-state index contributed by atoms with van der Waals surface area (Å²) < 4.78 is 5.37. The minimum atomic E-state index is -0.488. The van der Waals surface area contributed by atoms with Gasteiger partial charge in [-0.25, -0.2) is 4.79 Å². The van der Waals surface area contributed by atoms with Gasteiger partial charge < -0.3 is 4.74 Å². The molecular weight excluding hydrogens is 256 g/mol. The van der Waals surface area contributed by atoms with E-state index in [2.05, 4.69) is 10.0 Å². The molecule has 0 bridgehead atoms. The maximum Gasteiger partial charge on any atom is 0.410 e. The molecule has 0 N–H and O–H groups in total. The van der Waals surface area contributed by atoms with Crippen LogP contribution in [0.2, 0.25) is 0 Å². The second kappa shape index (κ2) is 5.43. The van der Waals surface area contributed by atoms with E-state index in [-0.39, 0.29) is 6.09 Å². The van der Waals surface area contributed by atoms with Crippen LogP contribution in [0, 0.1) is 0 Å². The Balaban J connectivity index is 2.07. The Morgan fingerprint density at radius 1 is 1.40 bits per heavy atom. The summed E-state index contributed by atoms with van der Waals surface area (Å²) in [5, 5.41) is 3.55. The standard InChI is InChI=1S/C14H18N4O2/c1-14(2,3)20-13(19)18-8-11-5-4-10(7-16-17-15)6-12(11)9-18/h4-6H,7-9H2,1-3H3. The summed E-state index contributed by atoms with van der Waals surface area (Å²) in [7, 11) is 0. The van der Waals surface area contributed by atoms with E-state index in [4.69, 9.17) is 10.3 Å². The van der Waals surface area contributed by atoms with Crippen LogP contribution in [-0.2, 0) is 24.4 Å². The molecule has 20 heavy (non-hydrogen) atoms. The zero-order valence-electron chi connectivity index (χ0n) is 12.0. The maximum atomic E-state index is 12.0. The van der Waals surface area contributed by atoms with E-state index in [0.717, 1.165) is 16.7 Å². The lowest BCUT2D eigenvalue weighted by molar-refractivity contribution is 0.0242. The SMILES string of the molecule is CC(C)(C)OC(=O)N1Cc2ccc(CN=[N+]=[N-])cc2C1. The van der Waals surface area contributed by atoms with Crippen molar-refractivity contribution in [2.45, 2.75) is 46.0 Å². The highest BCUT2D eigenvalue weighted by molar-refractivity contribution is 5.69. The number of amides is 1. The van der Waals surface area contributed by atoms with Crippen molar-refractivity contribution in [1.82, 2.24) is 4.90 Å². The first-order chi connectivity index (χ1) is 9.39. The average Bonchev–Trinajstić information content (AvgIpc) is 2.77. The largest absolute Gasteiger partial charge is 0.444 e. The number of azide groups is 1. The molecule has 0 saturated heterocycles. The van der Waals surface area contributed by atoms with Crippen LogP contribution in [0.5, 0.6) is 0 Å². The molecule has 1 aliphatic rings. The van der Waals surface area contributed by atoms with Crippen molar-refractivity contribution in [3.63, 3.8) is 0 Å². The lowest BCUT2D eigenvalue weighted by Gasteiger charge is -2.24. The third-order valence-corrected chi connectivity index (χ3v) is 2.96. The highest BCUT2D eigenvalue weighted by Gasteiger charge is 2.27. The molecule has 0 atom stereocenters. The zero-order valence-corrected chi connectivity index (χ0v) is 12.0. The topological polar surface area (TPSA) is 78.3 Å². The molecule has 0 saturated carbocycles. The van der Waals surface area contributed by atoms with Gasteiger partial charge in [0.1, 0.15) is 5.60 Å². The fourth-order valence-electron chi connectivity index (χ4n) is 2.12. The zero-order chi connectivity index (χ0) is 14.8. The van der Waals surface area contributed by atoms with Gasteiger partial charge in [-0.1, -0.05) is 23.3 Å². The van der Waals surface area contributed by atoms with E-state index in [9.17, 15) is 4.79 Å². The molecule has 6 heteroatoms. The molecule has 0 fully saturated rings. The molecule has 0 unspecified atom stereocenters. The van der Waals surface area contributed by atoms with Gasteiger partial charge in [0.25, 0.3) is 0 Å². The molecule has 1 amide bonds. The Hall–Kier alpha value is -2.20. The number of hydrogen-bond donors (Lipinski definition) is 0. The second-order valence-corrected chi connectivity index (χ2v) is 5.83. The number of rotatable bonds is 2. The predicted octanol–water partition coefficient (Wildman–Crippen LogP) is 3.75. The monoisotopic (exact) mass is 274 g/mol. The molecule has 1 aromatic rings. The van der Waals surface area contributed by atoms with Crippen LogP contribution >= 0.6 is 0 Å². The lowest BCUT2D eigenvalue weighted by Crippen LogP contribution is -2.33. The number of carbonyl (C=O) groups excluding carboxylic acids is 1. The van der Waals surface area contributed by atoms with E-state index >= 15 is 0 Å². The molecule has 0 radical (unpaired) electrons. The summed E-state index contributed by atoms with van der Waals surface area (Å²) in [6, 6.07) is 5.88. The predicted molar refractivity (Wildman–Crippen MR) is 74.8 cm³/mol. The van der Waals surface area contributed by atoms with Gasteiger partial charge in [-0.3, -0.25) is 4.90 Å². The van der Waals surface area contributed by atoms with Gasteiger partial charge in [-0.2, -0.15) is 0 Å². The second-order valence-electron chi connectivity index (χ2n) is 5.83. The van der Waals surface area contributed by atoms with Gasteiger partial charge >= 0.3 is 6.09 Å². The van der Waals surface area contributed by atoms with Crippen molar-refractivity contribution in [3.05, 3.63) is 45.3 Å². The summed E-state index contributed by atoms with van der Waals surface area (Å²) in [6.45, 7) is 6.99. The minimum absolute atomic E-state index is 0.301. The summed E-state index contributed by atoms with van der Waals surface area (Å²) in [6.07, 6.45) is -0.301. The van der Waals surface area contributed by atoms with Crippen molar-refractivity contribution in [2.24, 2.45) is 5.11 Å². The fourth-order valence-corrected chi connectivity index (χ4v) is 2.12. The number of nitrogens with zero attached hydrogens (tertiary/aromatic N) is 4. The first kappa shape index (κ1) is 14.2. The van der Waals surface area contributed by atoms with Gasteiger partial charge in [0.15, 0.2) is 0 Å². The van der Waals surface area contributed by atoms with Crippen LogP contribution in [0.4, 0.5) is 4.79 Å². The van der Waals surface area contributed by atoms with Crippen molar-refractivity contribution in [3.8, 4) is 0 Å². The quantitative estimate of drug-likeness (QED) is 0.467. The highest BCUT2D eigenvalue weighted by Crippen LogP contribution is 2.25. The van der Waals surface area contributed by atoms with Gasteiger partial charge in [0.2, 0.25) is 0 Å². The molecule has 1 aromatic carbocycles. The van der Waals surface area contributed by atoms with Crippen LogP contribution in [0.25, 0.3) is 10.4 Å². The highest BCUT2D eigenvalue weighted by atomic mass is 16.6. The van der Waals surface area contributed by atoms with Crippen molar-refractivity contribution < 1.29 is 9.53 Å². The fraction of sp³-hybridized carbons (Fsp3) is 0.500. The molecule has 1 heterocycles. The number of benzene rings is 1. The van der Waals surface area contributed by atoms with Crippen LogP contribution in [0.1, 0.15) is 37.5 Å². The molecule has 2 rings (SSSR count). The van der Waals surface area contributed by atoms with Gasteiger partial charge in [-0.15, -0.1) is 0 Å². The summed E-state index contributed by atoms with van der Waals surface area (Å²) in [5.74, 6) is 0. The average molecular weight is 274 g/mol. The molecule has 106 valence electrons. The van der Waals surface area contributed by atoms with Crippen LogP contribution < -0.4 is 0 Å². The normalized spacial score (nSPS) is 13.7. The van der Waals surface area contributed by atoms with Crippen LogP contribution in [0.15, 0.2) is 23.3 Å². The molecule has 6 nitrogen and oxygen atoms in total. The summed E-state index contributed by atoms with van der Waals surface area (Å²) in [4.78, 5) is 16.4. The third-order valence-electron chi connectivity index (χ3n) is 2.96. The van der Waals surface area contributed by atoms with Crippen LogP contribution in [-0.4, -0.2) is 16.6 Å². The lowest BCUT2D eigenvalue weighted by atomic mass is 10.1. The Bertz CT molecular complexity index is 571. The summed E-state index contributed by atoms with van der Waals surface area (Å²) >= 11 is 0. The molecule has 0 spiro atoms. The van der Waals surface area contributed by atoms with Gasteiger partial charge in [0.05, 0.1) is 6.54 Å². The molecule has 0 aliphatic carbocycles. The molecule has 0 aromatic heterocycles. The van der Waals surface area contributed by atoms with Crippen molar-refractivity contribution in [2.75, 3.05) is 0 Å². The van der Waals surface area contributed by atoms with Crippen LogP contribution in [0.3, 0.4) is 0 Å².